The Morgan fingerprint density at radius 1 is 1.19 bits per heavy atom. The lowest BCUT2D eigenvalue weighted by atomic mass is 9.96. The summed E-state index contributed by atoms with van der Waals surface area (Å²) in [4.78, 5) is 35.0. The second-order valence-corrected chi connectivity index (χ2v) is 6.94. The van der Waals surface area contributed by atoms with Gasteiger partial charge in [0.05, 0.1) is 12.5 Å². The van der Waals surface area contributed by atoms with Gasteiger partial charge in [0, 0.05) is 53.3 Å². The van der Waals surface area contributed by atoms with Gasteiger partial charge in [-0.05, 0) is 12.8 Å². The summed E-state index contributed by atoms with van der Waals surface area (Å²) < 4.78 is 9.92. The predicted octanol–water partition coefficient (Wildman–Crippen LogP) is -0.0928. The van der Waals surface area contributed by atoms with E-state index in [4.69, 9.17) is 9.26 Å². The number of methoxy groups -OCH3 is 1. The third-order valence-electron chi connectivity index (χ3n) is 5.01. The first-order valence-electron chi connectivity index (χ1n) is 9.14. The first kappa shape index (κ1) is 18.8. The van der Waals surface area contributed by atoms with Gasteiger partial charge in [0.25, 0.3) is 0 Å². The van der Waals surface area contributed by atoms with Crippen LogP contribution in [0.3, 0.4) is 0 Å². The van der Waals surface area contributed by atoms with Crippen molar-refractivity contribution >= 4 is 11.8 Å². The average Bonchev–Trinajstić information content (AvgIpc) is 3.07. The molecule has 2 aliphatic heterocycles. The normalized spacial score (nSPS) is 21.8. The third-order valence-corrected chi connectivity index (χ3v) is 5.01. The van der Waals surface area contributed by atoms with Crippen molar-refractivity contribution in [1.29, 1.82) is 0 Å². The van der Waals surface area contributed by atoms with Gasteiger partial charge in [0.1, 0.15) is 6.61 Å². The molecule has 0 aliphatic carbocycles. The zero-order valence-corrected chi connectivity index (χ0v) is 15.5. The van der Waals surface area contributed by atoms with Crippen LogP contribution >= 0.6 is 0 Å². The topological polar surface area (TPSA) is 92.0 Å². The molecule has 1 aromatic heterocycles. The maximum Gasteiger partial charge on any atom is 0.248 e. The van der Waals surface area contributed by atoms with Crippen LogP contribution < -0.4 is 0 Å². The Morgan fingerprint density at radius 3 is 2.62 bits per heavy atom. The summed E-state index contributed by atoms with van der Waals surface area (Å²) in [5.74, 6) is 1.27. The first-order valence-corrected chi connectivity index (χ1v) is 9.14. The lowest BCUT2D eigenvalue weighted by molar-refractivity contribution is -0.143. The van der Waals surface area contributed by atoms with Crippen LogP contribution in [0.5, 0.6) is 0 Å². The van der Waals surface area contributed by atoms with Gasteiger partial charge in [-0.15, -0.1) is 0 Å². The van der Waals surface area contributed by atoms with Gasteiger partial charge in [0.2, 0.25) is 17.7 Å². The number of nitrogens with zero attached hydrogens (tertiary/aromatic N) is 5. The standard InChI is InChI=1S/C17H27N5O4/c1-13-18-15(19-26-13)11-20-6-8-21(9-7-20)17(24)14-4-3-5-22(10-14)16(23)12-25-2/h14H,3-12H2,1-2H3/t14-/m1/s1. The number of aromatic nitrogens is 2. The fourth-order valence-electron chi connectivity index (χ4n) is 3.61. The van der Waals surface area contributed by atoms with Gasteiger partial charge in [-0.25, -0.2) is 0 Å². The number of rotatable bonds is 5. The summed E-state index contributed by atoms with van der Waals surface area (Å²) in [6.45, 7) is 6.68. The van der Waals surface area contributed by atoms with E-state index in [0.717, 1.165) is 25.9 Å². The molecule has 26 heavy (non-hydrogen) atoms. The van der Waals surface area contributed by atoms with Crippen molar-refractivity contribution in [2.75, 3.05) is 53.0 Å². The summed E-state index contributed by atoms with van der Waals surface area (Å²) >= 11 is 0. The van der Waals surface area contributed by atoms with Crippen molar-refractivity contribution in [2.24, 2.45) is 5.92 Å². The molecule has 0 N–H and O–H groups in total. The first-order chi connectivity index (χ1) is 12.6. The Balaban J connectivity index is 1.47. The largest absolute Gasteiger partial charge is 0.375 e. The minimum Gasteiger partial charge on any atom is -0.375 e. The molecular weight excluding hydrogens is 338 g/mol. The second-order valence-electron chi connectivity index (χ2n) is 6.94. The quantitative estimate of drug-likeness (QED) is 0.720. The molecule has 1 atom stereocenters. The molecule has 2 saturated heterocycles. The molecule has 0 unspecified atom stereocenters. The second kappa shape index (κ2) is 8.59. The van der Waals surface area contributed by atoms with Gasteiger partial charge in [-0.3, -0.25) is 14.5 Å². The van der Waals surface area contributed by atoms with Gasteiger partial charge < -0.3 is 19.1 Å². The number of aryl methyl sites for hydroxylation is 1. The zero-order valence-electron chi connectivity index (χ0n) is 15.5. The molecule has 0 saturated carbocycles. The highest BCUT2D eigenvalue weighted by atomic mass is 16.5. The van der Waals surface area contributed by atoms with Crippen LogP contribution in [0.4, 0.5) is 0 Å². The van der Waals surface area contributed by atoms with Crippen molar-refractivity contribution in [1.82, 2.24) is 24.8 Å². The molecule has 9 nitrogen and oxygen atoms in total. The molecule has 0 bridgehead atoms. The molecule has 3 heterocycles. The maximum absolute atomic E-state index is 12.8. The zero-order chi connectivity index (χ0) is 18.5. The number of likely N-dealkylation sites (tertiary alicyclic amines) is 1. The summed E-state index contributed by atoms with van der Waals surface area (Å²) in [7, 11) is 1.51. The SMILES string of the molecule is COCC(=O)N1CCC[C@@H](C(=O)N2CCN(Cc3noc(C)n3)CC2)C1. The average molecular weight is 365 g/mol. The molecule has 1 aromatic rings. The molecule has 2 aliphatic rings. The van der Waals surface area contributed by atoms with Crippen LogP contribution in [0.2, 0.25) is 0 Å². The van der Waals surface area contributed by atoms with Crippen molar-refractivity contribution in [3.05, 3.63) is 11.7 Å². The fraction of sp³-hybridized carbons (Fsp3) is 0.765. The summed E-state index contributed by atoms with van der Waals surface area (Å²) in [6.07, 6.45) is 1.71. The van der Waals surface area contributed by atoms with Gasteiger partial charge in [-0.2, -0.15) is 4.98 Å². The Morgan fingerprint density at radius 2 is 1.96 bits per heavy atom. The lowest BCUT2D eigenvalue weighted by Gasteiger charge is -2.38. The van der Waals surface area contributed by atoms with Crippen LogP contribution in [0, 0.1) is 12.8 Å². The minimum atomic E-state index is -0.101. The van der Waals surface area contributed by atoms with Crippen molar-refractivity contribution in [3.8, 4) is 0 Å². The smallest absolute Gasteiger partial charge is 0.248 e. The van der Waals surface area contributed by atoms with Crippen LogP contribution in [0.1, 0.15) is 24.6 Å². The summed E-state index contributed by atoms with van der Waals surface area (Å²) in [5.41, 5.74) is 0. The van der Waals surface area contributed by atoms with Crippen LogP contribution in [-0.4, -0.2) is 89.6 Å². The third kappa shape index (κ3) is 4.59. The number of piperazine rings is 1. The van der Waals surface area contributed by atoms with E-state index in [9.17, 15) is 9.59 Å². The number of carbonyl (C=O) groups is 2. The minimum absolute atomic E-state index is 0.0368. The van der Waals surface area contributed by atoms with E-state index in [2.05, 4.69) is 15.0 Å². The number of amides is 2. The van der Waals surface area contributed by atoms with Gasteiger partial charge in [0.15, 0.2) is 5.82 Å². The summed E-state index contributed by atoms with van der Waals surface area (Å²) in [6, 6.07) is 0. The molecule has 0 spiro atoms. The van der Waals surface area contributed by atoms with E-state index in [1.54, 1.807) is 11.8 Å². The van der Waals surface area contributed by atoms with E-state index in [1.165, 1.54) is 7.11 Å². The highest BCUT2D eigenvalue weighted by Gasteiger charge is 2.32. The Bertz CT molecular complexity index is 626. The van der Waals surface area contributed by atoms with E-state index >= 15 is 0 Å². The van der Waals surface area contributed by atoms with Crippen LogP contribution in [0.25, 0.3) is 0 Å². The van der Waals surface area contributed by atoms with E-state index in [0.29, 0.717) is 44.4 Å². The Hall–Kier alpha value is -2.00. The predicted molar refractivity (Wildman–Crippen MR) is 92.1 cm³/mol. The molecule has 0 aromatic carbocycles. The molecule has 2 amide bonds. The van der Waals surface area contributed by atoms with Crippen molar-refractivity contribution in [3.63, 3.8) is 0 Å². The number of piperidine rings is 1. The van der Waals surface area contributed by atoms with Crippen molar-refractivity contribution in [2.45, 2.75) is 26.3 Å². The number of hydrogen-bond acceptors (Lipinski definition) is 7. The van der Waals surface area contributed by atoms with E-state index in [-0.39, 0.29) is 24.3 Å². The summed E-state index contributed by atoms with van der Waals surface area (Å²) in [5, 5.41) is 3.92. The number of carbonyl (C=O) groups excluding carboxylic acids is 2. The highest BCUT2D eigenvalue weighted by Crippen LogP contribution is 2.20. The highest BCUT2D eigenvalue weighted by molar-refractivity contribution is 5.82. The van der Waals surface area contributed by atoms with Crippen LogP contribution in [-0.2, 0) is 20.9 Å². The lowest BCUT2D eigenvalue weighted by Crippen LogP contribution is -2.53. The monoisotopic (exact) mass is 365 g/mol. The molecule has 0 radical (unpaired) electrons. The fourth-order valence-corrected chi connectivity index (χ4v) is 3.61. The van der Waals surface area contributed by atoms with Gasteiger partial charge in [-0.1, -0.05) is 5.16 Å². The van der Waals surface area contributed by atoms with E-state index in [1.807, 2.05) is 4.90 Å². The van der Waals surface area contributed by atoms with Crippen molar-refractivity contribution < 1.29 is 18.8 Å². The maximum atomic E-state index is 12.8. The molecule has 9 heteroatoms. The number of hydrogen-bond donors (Lipinski definition) is 0. The Labute approximate surface area is 153 Å². The van der Waals surface area contributed by atoms with Gasteiger partial charge >= 0.3 is 0 Å². The molecule has 3 rings (SSSR count). The van der Waals surface area contributed by atoms with Crippen LogP contribution in [0.15, 0.2) is 4.52 Å². The number of ether oxygens (including phenoxy) is 1. The van der Waals surface area contributed by atoms with E-state index < -0.39 is 0 Å². The molecule has 144 valence electrons. The molecule has 2 fully saturated rings. The Kier molecular flexibility index (Phi) is 6.20. The molecular formula is C17H27N5O4.